The minimum Gasteiger partial charge on any atom is -0.311 e. The number of aromatic nitrogens is 2. The van der Waals surface area contributed by atoms with Gasteiger partial charge in [-0.3, -0.25) is 0 Å². The summed E-state index contributed by atoms with van der Waals surface area (Å²) >= 11 is 0. The summed E-state index contributed by atoms with van der Waals surface area (Å²) in [4.78, 5) is 2.30. The van der Waals surface area contributed by atoms with Gasteiger partial charge < -0.3 is 4.90 Å². The molecule has 3 nitrogen and oxygen atoms in total. The van der Waals surface area contributed by atoms with Crippen LogP contribution in [0.1, 0.15) is 0 Å². The molecular formula is C61H43N3. The molecule has 3 heteroatoms. The highest BCUT2D eigenvalue weighted by Gasteiger charge is 2.25. The van der Waals surface area contributed by atoms with E-state index in [-0.39, 0.29) is 0 Å². The highest BCUT2D eigenvalue weighted by molar-refractivity contribution is 6.04. The molecule has 0 saturated heterocycles. The Kier molecular flexibility index (Phi) is 10.3. The Morgan fingerprint density at radius 2 is 0.719 bits per heavy atom. The van der Waals surface area contributed by atoms with Crippen LogP contribution < -0.4 is 4.90 Å². The van der Waals surface area contributed by atoms with Crippen molar-refractivity contribution in [1.29, 1.82) is 0 Å². The van der Waals surface area contributed by atoms with Crippen molar-refractivity contribution in [2.75, 3.05) is 4.90 Å². The van der Waals surface area contributed by atoms with E-state index in [9.17, 15) is 0 Å². The van der Waals surface area contributed by atoms with Crippen molar-refractivity contribution >= 4 is 27.8 Å². The Morgan fingerprint density at radius 1 is 0.297 bits per heavy atom. The van der Waals surface area contributed by atoms with Crippen LogP contribution in [0.3, 0.4) is 0 Å². The molecule has 302 valence electrons. The first-order valence-electron chi connectivity index (χ1n) is 21.8. The molecular weight excluding hydrogens is 775 g/mol. The molecule has 0 N–H and O–H groups in total. The van der Waals surface area contributed by atoms with Crippen LogP contribution in [0.25, 0.3) is 83.5 Å². The zero-order valence-corrected chi connectivity index (χ0v) is 35.2. The van der Waals surface area contributed by atoms with Gasteiger partial charge in [0.05, 0.1) is 11.4 Å². The molecule has 0 aliphatic heterocycles. The normalized spacial score (nSPS) is 11.1. The predicted octanol–water partition coefficient (Wildman–Crippen LogP) is 16.5. The molecule has 0 bridgehead atoms. The number of hydrogen-bond donors (Lipinski definition) is 0. The Bertz CT molecular complexity index is 3290. The summed E-state index contributed by atoms with van der Waals surface area (Å²) in [5.41, 5.74) is 17.8. The Morgan fingerprint density at radius 3 is 1.30 bits per heavy atom. The van der Waals surface area contributed by atoms with Crippen LogP contribution >= 0.6 is 0 Å². The lowest BCUT2D eigenvalue weighted by Crippen LogP contribution is -2.09. The molecule has 1 aromatic heterocycles. The molecule has 0 unspecified atom stereocenters. The van der Waals surface area contributed by atoms with Crippen LogP contribution in [-0.4, -0.2) is 9.78 Å². The predicted molar refractivity (Wildman–Crippen MR) is 268 cm³/mol. The molecule has 0 saturated carbocycles. The fraction of sp³-hybridized carbons (Fsp3) is 0. The van der Waals surface area contributed by atoms with E-state index in [1.807, 2.05) is 0 Å². The van der Waals surface area contributed by atoms with E-state index in [4.69, 9.17) is 5.10 Å². The molecule has 11 rings (SSSR count). The highest BCUT2D eigenvalue weighted by Crippen LogP contribution is 2.45. The minimum absolute atomic E-state index is 0.947. The molecule has 0 amide bonds. The average Bonchev–Trinajstić information content (AvgIpc) is 3.78. The Hall–Kier alpha value is -8.53. The first-order chi connectivity index (χ1) is 31.8. The molecule has 11 aromatic rings. The maximum Gasteiger partial charge on any atom is 0.101 e. The van der Waals surface area contributed by atoms with Crippen LogP contribution in [-0.2, 0) is 0 Å². The van der Waals surface area contributed by atoms with Gasteiger partial charge in [0, 0.05) is 33.8 Å². The van der Waals surface area contributed by atoms with Crippen molar-refractivity contribution < 1.29 is 0 Å². The second-order valence-corrected chi connectivity index (χ2v) is 15.9. The van der Waals surface area contributed by atoms with E-state index in [2.05, 4.69) is 270 Å². The van der Waals surface area contributed by atoms with Crippen molar-refractivity contribution in [2.24, 2.45) is 0 Å². The van der Waals surface area contributed by atoms with E-state index in [0.29, 0.717) is 0 Å². The van der Waals surface area contributed by atoms with Gasteiger partial charge >= 0.3 is 0 Å². The minimum atomic E-state index is 0.947. The standard InChI is InChI=1S/C61H43N3/c1-5-21-47(22-6-1)60-59(58-35-19-25-44-20-13-14-32-55(44)58)61(48-23-7-2-8-24-48)64(62-60)52-42-38-46(39-43-52)54-31-16-18-34-57(54)56-33-17-15-30-53(56)45-36-40-51(41-37-45)63(49-26-9-3-10-27-49)50-28-11-4-12-29-50/h1-43H. The third kappa shape index (κ3) is 7.25. The summed E-state index contributed by atoms with van der Waals surface area (Å²) < 4.78 is 2.14. The van der Waals surface area contributed by atoms with Gasteiger partial charge in [-0.2, -0.15) is 5.10 Å². The Balaban J connectivity index is 0.997. The second-order valence-electron chi connectivity index (χ2n) is 15.9. The number of rotatable bonds is 10. The maximum atomic E-state index is 5.49. The third-order valence-corrected chi connectivity index (χ3v) is 12.1. The number of hydrogen-bond acceptors (Lipinski definition) is 2. The fourth-order valence-corrected chi connectivity index (χ4v) is 9.08. The van der Waals surface area contributed by atoms with Crippen LogP contribution in [0.4, 0.5) is 17.1 Å². The highest BCUT2D eigenvalue weighted by atomic mass is 15.3. The van der Waals surface area contributed by atoms with Gasteiger partial charge in [0.1, 0.15) is 5.69 Å². The van der Waals surface area contributed by atoms with Gasteiger partial charge in [-0.25, -0.2) is 4.68 Å². The zero-order chi connectivity index (χ0) is 42.7. The van der Waals surface area contributed by atoms with Crippen LogP contribution in [0, 0.1) is 0 Å². The topological polar surface area (TPSA) is 21.1 Å². The largest absolute Gasteiger partial charge is 0.311 e. The molecule has 0 spiro atoms. The second kappa shape index (κ2) is 17.1. The SMILES string of the molecule is c1ccc(-c2nn(-c3ccc(-c4ccccc4-c4ccccc4-c4ccc(N(c5ccccc5)c5ccccc5)cc4)cc3)c(-c3ccccc3)c2-c2cccc3ccccc23)cc1. The molecule has 10 aromatic carbocycles. The number of para-hydroxylation sites is 2. The van der Waals surface area contributed by atoms with Crippen molar-refractivity contribution in [1.82, 2.24) is 9.78 Å². The maximum absolute atomic E-state index is 5.49. The number of anilines is 3. The number of benzene rings is 10. The molecule has 0 fully saturated rings. The first-order valence-corrected chi connectivity index (χ1v) is 21.8. The monoisotopic (exact) mass is 817 g/mol. The van der Waals surface area contributed by atoms with Gasteiger partial charge in [0.25, 0.3) is 0 Å². The van der Waals surface area contributed by atoms with Crippen LogP contribution in [0.2, 0.25) is 0 Å². The average molecular weight is 818 g/mol. The number of nitrogens with zero attached hydrogens (tertiary/aromatic N) is 3. The first kappa shape index (κ1) is 38.4. The molecule has 0 atom stereocenters. The van der Waals surface area contributed by atoms with Gasteiger partial charge in [0.15, 0.2) is 0 Å². The number of fused-ring (bicyclic) bond motifs is 1. The van der Waals surface area contributed by atoms with Gasteiger partial charge in [-0.15, -0.1) is 0 Å². The third-order valence-electron chi connectivity index (χ3n) is 12.1. The van der Waals surface area contributed by atoms with Crippen molar-refractivity contribution in [2.45, 2.75) is 0 Å². The van der Waals surface area contributed by atoms with Crippen molar-refractivity contribution in [3.63, 3.8) is 0 Å². The molecule has 64 heavy (non-hydrogen) atoms. The fourth-order valence-electron chi connectivity index (χ4n) is 9.08. The van der Waals surface area contributed by atoms with E-state index >= 15 is 0 Å². The van der Waals surface area contributed by atoms with Crippen LogP contribution in [0.15, 0.2) is 261 Å². The summed E-state index contributed by atoms with van der Waals surface area (Å²) in [6.45, 7) is 0. The quantitative estimate of drug-likeness (QED) is 0.137. The van der Waals surface area contributed by atoms with E-state index in [0.717, 1.165) is 67.5 Å². The molecule has 0 aliphatic rings. The van der Waals surface area contributed by atoms with E-state index < -0.39 is 0 Å². The van der Waals surface area contributed by atoms with Gasteiger partial charge in [-0.1, -0.05) is 212 Å². The van der Waals surface area contributed by atoms with E-state index in [1.54, 1.807) is 0 Å². The van der Waals surface area contributed by atoms with Gasteiger partial charge in [0.2, 0.25) is 0 Å². The smallest absolute Gasteiger partial charge is 0.101 e. The zero-order valence-electron chi connectivity index (χ0n) is 35.2. The lowest BCUT2D eigenvalue weighted by atomic mass is 9.89. The summed E-state index contributed by atoms with van der Waals surface area (Å²) in [6, 6.07) is 92.9. The summed E-state index contributed by atoms with van der Waals surface area (Å²) in [7, 11) is 0. The van der Waals surface area contributed by atoms with E-state index in [1.165, 1.54) is 33.0 Å². The molecule has 0 radical (unpaired) electrons. The lowest BCUT2D eigenvalue weighted by Gasteiger charge is -2.25. The molecule has 0 aliphatic carbocycles. The van der Waals surface area contributed by atoms with Crippen molar-refractivity contribution in [3.05, 3.63) is 261 Å². The summed E-state index contributed by atoms with van der Waals surface area (Å²) in [5, 5.41) is 7.88. The summed E-state index contributed by atoms with van der Waals surface area (Å²) in [6.07, 6.45) is 0. The molecule has 1 heterocycles. The summed E-state index contributed by atoms with van der Waals surface area (Å²) in [5.74, 6) is 0. The van der Waals surface area contributed by atoms with Crippen molar-refractivity contribution in [3.8, 4) is 72.7 Å². The van der Waals surface area contributed by atoms with Gasteiger partial charge in [-0.05, 0) is 98.2 Å². The Labute approximate surface area is 374 Å². The lowest BCUT2D eigenvalue weighted by molar-refractivity contribution is 0.892. The van der Waals surface area contributed by atoms with Crippen LogP contribution in [0.5, 0.6) is 0 Å².